The molecule has 86 valence electrons. The number of hydrogen-bond donors (Lipinski definition) is 1. The third kappa shape index (κ3) is 2.40. The van der Waals surface area contributed by atoms with Gasteiger partial charge < -0.3 is 5.32 Å². The number of pyridine rings is 1. The van der Waals surface area contributed by atoms with E-state index >= 15 is 0 Å². The molecule has 5 nitrogen and oxygen atoms in total. The van der Waals surface area contributed by atoms with Crippen LogP contribution in [0, 0.1) is 11.3 Å². The quantitative estimate of drug-likeness (QED) is 0.943. The Hall–Kier alpha value is -1.59. The molecule has 1 N–H and O–H groups in total. The molecule has 2 aromatic rings. The van der Waals surface area contributed by atoms with Gasteiger partial charge in [-0.2, -0.15) is 9.35 Å². The van der Waals surface area contributed by atoms with Gasteiger partial charge in [0.1, 0.15) is 22.1 Å². The van der Waals surface area contributed by atoms with E-state index in [1.54, 1.807) is 24.4 Å². The first kappa shape index (κ1) is 11.9. The molecule has 0 saturated carbocycles. The number of nitrogens with zero attached hydrogens (tertiary/aromatic N) is 4. The summed E-state index contributed by atoms with van der Waals surface area (Å²) in [4.78, 5) is 4.03. The molecule has 0 bridgehead atoms. The summed E-state index contributed by atoms with van der Waals surface area (Å²) in [5.74, 6) is 0.747. The van der Waals surface area contributed by atoms with Gasteiger partial charge in [0, 0.05) is 6.20 Å². The predicted octanol–water partition coefficient (Wildman–Crippen LogP) is 3.04. The fourth-order valence-corrected chi connectivity index (χ4v) is 2.05. The lowest BCUT2D eigenvalue weighted by Crippen LogP contribution is -1.99. The Balaban J connectivity index is 2.42. The first-order valence-corrected chi connectivity index (χ1v) is 5.88. The standard InChI is InChI=1S/C9H5BrFN5S/c10-8-6(5-12)9(16(15-8)17-11)14-7-3-1-2-4-13-7/h1-4H,(H,13,14). The Morgan fingerprint density at radius 2 is 2.35 bits per heavy atom. The van der Waals surface area contributed by atoms with Gasteiger partial charge in [-0.3, -0.25) is 0 Å². The van der Waals surface area contributed by atoms with Gasteiger partial charge in [-0.05, 0) is 28.1 Å². The van der Waals surface area contributed by atoms with E-state index in [2.05, 4.69) is 31.3 Å². The van der Waals surface area contributed by atoms with Gasteiger partial charge in [0.15, 0.2) is 18.2 Å². The van der Waals surface area contributed by atoms with Crippen molar-refractivity contribution < 1.29 is 3.89 Å². The summed E-state index contributed by atoms with van der Waals surface area (Å²) < 4.78 is 13.9. The third-order valence-electron chi connectivity index (χ3n) is 1.90. The van der Waals surface area contributed by atoms with Crippen molar-refractivity contribution >= 4 is 39.9 Å². The van der Waals surface area contributed by atoms with Crippen LogP contribution >= 0.6 is 28.3 Å². The molecule has 17 heavy (non-hydrogen) atoms. The van der Waals surface area contributed by atoms with E-state index in [9.17, 15) is 3.89 Å². The minimum Gasteiger partial charge on any atom is -0.323 e. The average Bonchev–Trinajstić information content (AvgIpc) is 2.66. The smallest absolute Gasteiger partial charge is 0.189 e. The molecule has 0 fully saturated rings. The number of nitrogens with one attached hydrogen (secondary N) is 1. The fourth-order valence-electron chi connectivity index (χ4n) is 1.19. The van der Waals surface area contributed by atoms with E-state index in [1.165, 1.54) is 0 Å². The van der Waals surface area contributed by atoms with Gasteiger partial charge in [0.25, 0.3) is 0 Å². The molecule has 0 aliphatic rings. The molecule has 2 aromatic heterocycles. The molecule has 2 heterocycles. The van der Waals surface area contributed by atoms with Crippen LogP contribution in [0.1, 0.15) is 5.56 Å². The SMILES string of the molecule is N#Cc1c(Br)nn(SF)c1Nc1ccccn1. The van der Waals surface area contributed by atoms with Crippen LogP contribution in [0.5, 0.6) is 0 Å². The molecule has 0 aliphatic heterocycles. The minimum absolute atomic E-state index is 0.101. The van der Waals surface area contributed by atoms with Gasteiger partial charge in [-0.15, -0.1) is 8.98 Å². The van der Waals surface area contributed by atoms with Crippen molar-refractivity contribution in [2.24, 2.45) is 0 Å². The predicted molar refractivity (Wildman–Crippen MR) is 66.3 cm³/mol. The number of rotatable bonds is 3. The topological polar surface area (TPSA) is 66.5 Å². The highest BCUT2D eigenvalue weighted by Crippen LogP contribution is 2.29. The van der Waals surface area contributed by atoms with Crippen LogP contribution in [-0.4, -0.2) is 14.2 Å². The number of nitriles is 1. The maximum absolute atomic E-state index is 12.6. The Labute approximate surface area is 109 Å². The molecule has 0 aliphatic carbocycles. The molecule has 8 heteroatoms. The first-order chi connectivity index (χ1) is 8.26. The Morgan fingerprint density at radius 3 is 2.94 bits per heavy atom. The van der Waals surface area contributed by atoms with Crippen LogP contribution in [0.15, 0.2) is 29.0 Å². The Morgan fingerprint density at radius 1 is 1.53 bits per heavy atom. The van der Waals surface area contributed by atoms with Crippen LogP contribution in [0.25, 0.3) is 0 Å². The summed E-state index contributed by atoms with van der Waals surface area (Å²) in [5, 5.41) is 15.6. The van der Waals surface area contributed by atoms with Gasteiger partial charge in [-0.1, -0.05) is 6.07 Å². The molecular weight excluding hydrogens is 309 g/mol. The van der Waals surface area contributed by atoms with Crippen LogP contribution in [0.4, 0.5) is 15.5 Å². The van der Waals surface area contributed by atoms with Crippen molar-refractivity contribution in [1.82, 2.24) is 14.2 Å². The molecule has 0 unspecified atom stereocenters. The molecule has 0 aromatic carbocycles. The normalized spacial score (nSPS) is 9.94. The highest BCUT2D eigenvalue weighted by atomic mass is 79.9. The van der Waals surface area contributed by atoms with E-state index in [4.69, 9.17) is 5.26 Å². The van der Waals surface area contributed by atoms with Gasteiger partial charge in [0.2, 0.25) is 0 Å². The van der Waals surface area contributed by atoms with Crippen LogP contribution in [0.2, 0.25) is 0 Å². The number of halogens is 2. The highest BCUT2D eigenvalue weighted by molar-refractivity contribution is 9.10. The molecular formula is C9H5BrFN5S. The van der Waals surface area contributed by atoms with Gasteiger partial charge >= 0.3 is 0 Å². The van der Waals surface area contributed by atoms with Gasteiger partial charge in [-0.25, -0.2) is 4.98 Å². The second-order valence-electron chi connectivity index (χ2n) is 2.91. The van der Waals surface area contributed by atoms with E-state index in [1.807, 2.05) is 6.07 Å². The van der Waals surface area contributed by atoms with E-state index in [-0.39, 0.29) is 28.3 Å². The Kier molecular flexibility index (Phi) is 3.61. The van der Waals surface area contributed by atoms with Crippen molar-refractivity contribution in [3.8, 4) is 6.07 Å². The molecule has 0 atom stereocenters. The second-order valence-corrected chi connectivity index (χ2v) is 4.14. The number of hydrogen-bond acceptors (Lipinski definition) is 5. The molecule has 0 saturated heterocycles. The number of aromatic nitrogens is 3. The lowest BCUT2D eigenvalue weighted by atomic mass is 10.3. The van der Waals surface area contributed by atoms with Crippen molar-refractivity contribution in [1.29, 1.82) is 5.26 Å². The van der Waals surface area contributed by atoms with Crippen molar-refractivity contribution in [3.05, 3.63) is 34.6 Å². The van der Waals surface area contributed by atoms with Gasteiger partial charge in [0.05, 0.1) is 0 Å². The van der Waals surface area contributed by atoms with Crippen molar-refractivity contribution in [2.45, 2.75) is 0 Å². The fraction of sp³-hybridized carbons (Fsp3) is 0. The Bertz CT molecular complexity index is 565. The maximum Gasteiger partial charge on any atom is 0.189 e. The molecule has 0 amide bonds. The van der Waals surface area contributed by atoms with Crippen LogP contribution in [0.3, 0.4) is 0 Å². The van der Waals surface area contributed by atoms with E-state index in [0.29, 0.717) is 5.82 Å². The lowest BCUT2D eigenvalue weighted by molar-refractivity contribution is 0.876. The van der Waals surface area contributed by atoms with Crippen LogP contribution < -0.4 is 5.32 Å². The highest BCUT2D eigenvalue weighted by Gasteiger charge is 2.17. The molecule has 0 radical (unpaired) electrons. The maximum atomic E-state index is 12.6. The summed E-state index contributed by atoms with van der Waals surface area (Å²) in [6.07, 6.45) is 1.59. The molecule has 0 spiro atoms. The summed E-state index contributed by atoms with van der Waals surface area (Å²) in [6.45, 7) is 0. The third-order valence-corrected chi connectivity index (χ3v) is 2.85. The zero-order chi connectivity index (χ0) is 12.3. The minimum atomic E-state index is -0.101. The summed E-state index contributed by atoms with van der Waals surface area (Å²) in [5.41, 5.74) is 0.223. The van der Waals surface area contributed by atoms with E-state index < -0.39 is 0 Å². The second kappa shape index (κ2) is 5.16. The zero-order valence-corrected chi connectivity index (χ0v) is 10.7. The van der Waals surface area contributed by atoms with Crippen molar-refractivity contribution in [2.75, 3.05) is 5.32 Å². The van der Waals surface area contributed by atoms with Crippen molar-refractivity contribution in [3.63, 3.8) is 0 Å². The average molecular weight is 314 g/mol. The van der Waals surface area contributed by atoms with Crippen LogP contribution in [-0.2, 0) is 0 Å². The zero-order valence-electron chi connectivity index (χ0n) is 8.26. The number of anilines is 2. The largest absolute Gasteiger partial charge is 0.323 e. The summed E-state index contributed by atoms with van der Waals surface area (Å²) in [6, 6.07) is 7.18. The van der Waals surface area contributed by atoms with E-state index in [0.717, 1.165) is 4.09 Å². The lowest BCUT2D eigenvalue weighted by Gasteiger charge is -2.04. The summed E-state index contributed by atoms with van der Waals surface area (Å²) >= 11 is 2.99. The first-order valence-electron chi connectivity index (χ1n) is 4.42. The molecule has 2 rings (SSSR count). The summed E-state index contributed by atoms with van der Waals surface area (Å²) in [7, 11) is 0. The monoisotopic (exact) mass is 313 g/mol.